The van der Waals surface area contributed by atoms with Crippen molar-refractivity contribution in [2.75, 3.05) is 27.7 Å². The molecule has 0 heterocycles. The van der Waals surface area contributed by atoms with Crippen LogP contribution < -0.4 is 5.43 Å². The Labute approximate surface area is 73.2 Å². The smallest absolute Gasteiger partial charge is 0.333 e. The lowest BCUT2D eigenvalue weighted by Gasteiger charge is -2.09. The van der Waals surface area contributed by atoms with Crippen molar-refractivity contribution in [1.82, 2.24) is 10.4 Å². The van der Waals surface area contributed by atoms with Gasteiger partial charge in [0, 0.05) is 26.2 Å². The first kappa shape index (κ1) is 11.1. The lowest BCUT2D eigenvalue weighted by atomic mass is 10.3. The van der Waals surface area contributed by atoms with Gasteiger partial charge < -0.3 is 4.74 Å². The summed E-state index contributed by atoms with van der Waals surface area (Å²) in [5, 5.41) is 1.82. The Balaban J connectivity index is 3.76. The summed E-state index contributed by atoms with van der Waals surface area (Å²) in [6.45, 7) is 2.36. The van der Waals surface area contributed by atoms with Gasteiger partial charge >= 0.3 is 5.97 Å². The number of nitrogens with zero attached hydrogens (tertiary/aromatic N) is 1. The molecule has 0 aliphatic rings. The van der Waals surface area contributed by atoms with E-state index in [1.54, 1.807) is 13.0 Å². The molecule has 0 rings (SSSR count). The molecule has 0 aromatic heterocycles. The Bertz CT molecular complexity index is 176. The van der Waals surface area contributed by atoms with Gasteiger partial charge in [-0.05, 0) is 6.92 Å². The Hall–Kier alpha value is -0.870. The first-order chi connectivity index (χ1) is 5.57. The quantitative estimate of drug-likeness (QED) is 0.373. The lowest BCUT2D eigenvalue weighted by molar-refractivity contribution is -0.136. The number of carbonyl (C=O) groups excluding carboxylic acids is 1. The van der Waals surface area contributed by atoms with Crippen LogP contribution in [0.15, 0.2) is 11.6 Å². The van der Waals surface area contributed by atoms with E-state index in [4.69, 9.17) is 0 Å². The predicted octanol–water partition coefficient (Wildman–Crippen LogP) is 0.172. The zero-order chi connectivity index (χ0) is 9.56. The molecular weight excluding hydrogens is 156 g/mol. The molecule has 0 bridgehead atoms. The Morgan fingerprint density at radius 3 is 2.58 bits per heavy atom. The fourth-order valence-electron chi connectivity index (χ4n) is 0.626. The number of esters is 1. The van der Waals surface area contributed by atoms with Gasteiger partial charge in [-0.25, -0.2) is 4.79 Å². The highest BCUT2D eigenvalue weighted by molar-refractivity contribution is 5.87. The van der Waals surface area contributed by atoms with E-state index in [9.17, 15) is 4.79 Å². The summed E-state index contributed by atoms with van der Waals surface area (Å²) in [6.07, 6.45) is 1.78. The first-order valence-electron chi connectivity index (χ1n) is 3.74. The first-order valence-corrected chi connectivity index (χ1v) is 3.74. The Kier molecular flexibility index (Phi) is 5.32. The maximum absolute atomic E-state index is 10.9. The molecule has 0 aliphatic carbocycles. The fourth-order valence-corrected chi connectivity index (χ4v) is 0.626. The molecule has 0 aliphatic heterocycles. The highest BCUT2D eigenvalue weighted by atomic mass is 16.5. The number of carbonyl (C=O) groups is 1. The fraction of sp³-hybridized carbons (Fsp3) is 0.625. The normalized spacial score (nSPS) is 11.9. The van der Waals surface area contributed by atoms with Crippen molar-refractivity contribution >= 4 is 5.97 Å². The molecule has 4 nitrogen and oxygen atoms in total. The molecule has 4 heteroatoms. The molecule has 0 aromatic rings. The summed E-state index contributed by atoms with van der Waals surface area (Å²) >= 11 is 0. The summed E-state index contributed by atoms with van der Waals surface area (Å²) in [6, 6.07) is 0. The van der Waals surface area contributed by atoms with E-state index in [1.807, 2.05) is 19.1 Å². The third kappa shape index (κ3) is 4.87. The van der Waals surface area contributed by atoms with Crippen LogP contribution in [-0.4, -0.2) is 38.7 Å². The van der Waals surface area contributed by atoms with Crippen LogP contribution in [0.4, 0.5) is 0 Å². The van der Waals surface area contributed by atoms with E-state index >= 15 is 0 Å². The van der Waals surface area contributed by atoms with Crippen LogP contribution in [-0.2, 0) is 9.53 Å². The van der Waals surface area contributed by atoms with Gasteiger partial charge in [-0.2, -0.15) is 0 Å². The number of nitrogens with one attached hydrogen (secondary N) is 1. The van der Waals surface area contributed by atoms with Gasteiger partial charge in [-0.1, -0.05) is 6.08 Å². The SMILES string of the molecule is COC(=O)C(C)=CCNN(C)C. The van der Waals surface area contributed by atoms with Crippen molar-refractivity contribution in [3.05, 3.63) is 11.6 Å². The van der Waals surface area contributed by atoms with E-state index in [0.717, 1.165) is 0 Å². The summed E-state index contributed by atoms with van der Waals surface area (Å²) < 4.78 is 4.52. The molecule has 0 fully saturated rings. The van der Waals surface area contributed by atoms with Gasteiger partial charge in [-0.15, -0.1) is 0 Å². The summed E-state index contributed by atoms with van der Waals surface area (Å²) in [5.41, 5.74) is 3.62. The van der Waals surface area contributed by atoms with E-state index in [-0.39, 0.29) is 5.97 Å². The van der Waals surface area contributed by atoms with E-state index in [0.29, 0.717) is 12.1 Å². The van der Waals surface area contributed by atoms with Crippen LogP contribution in [0.3, 0.4) is 0 Å². The van der Waals surface area contributed by atoms with Crippen LogP contribution in [0.1, 0.15) is 6.92 Å². The number of hydrogen-bond donors (Lipinski definition) is 1. The lowest BCUT2D eigenvalue weighted by Crippen LogP contribution is -2.30. The predicted molar refractivity (Wildman–Crippen MR) is 47.5 cm³/mol. The highest BCUT2D eigenvalue weighted by Gasteiger charge is 2.00. The summed E-state index contributed by atoms with van der Waals surface area (Å²) in [4.78, 5) is 10.9. The van der Waals surface area contributed by atoms with Crippen LogP contribution >= 0.6 is 0 Å². The molecule has 0 unspecified atom stereocenters. The summed E-state index contributed by atoms with van der Waals surface area (Å²) in [5.74, 6) is -0.282. The Morgan fingerprint density at radius 1 is 1.58 bits per heavy atom. The van der Waals surface area contributed by atoms with Gasteiger partial charge in [-0.3, -0.25) is 10.4 Å². The molecular formula is C8H16N2O2. The molecule has 0 amide bonds. The van der Waals surface area contributed by atoms with Crippen molar-refractivity contribution in [3.63, 3.8) is 0 Å². The molecule has 0 spiro atoms. The van der Waals surface area contributed by atoms with E-state index in [1.165, 1.54) is 7.11 Å². The van der Waals surface area contributed by atoms with Crippen molar-refractivity contribution in [2.45, 2.75) is 6.92 Å². The maximum Gasteiger partial charge on any atom is 0.333 e. The van der Waals surface area contributed by atoms with Gasteiger partial charge in [0.1, 0.15) is 0 Å². The number of hydrogen-bond acceptors (Lipinski definition) is 4. The monoisotopic (exact) mass is 172 g/mol. The van der Waals surface area contributed by atoms with Gasteiger partial charge in [0.15, 0.2) is 0 Å². The van der Waals surface area contributed by atoms with Gasteiger partial charge in [0.05, 0.1) is 7.11 Å². The summed E-state index contributed by atoms with van der Waals surface area (Å²) in [7, 11) is 5.15. The van der Waals surface area contributed by atoms with Crippen LogP contribution in [0, 0.1) is 0 Å². The van der Waals surface area contributed by atoms with E-state index in [2.05, 4.69) is 10.2 Å². The van der Waals surface area contributed by atoms with Crippen LogP contribution in [0.2, 0.25) is 0 Å². The largest absolute Gasteiger partial charge is 0.466 e. The number of methoxy groups -OCH3 is 1. The minimum atomic E-state index is -0.282. The second-order valence-electron chi connectivity index (χ2n) is 2.64. The second kappa shape index (κ2) is 5.74. The molecule has 12 heavy (non-hydrogen) atoms. The minimum absolute atomic E-state index is 0.282. The zero-order valence-corrected chi connectivity index (χ0v) is 8.05. The minimum Gasteiger partial charge on any atom is -0.466 e. The molecule has 1 N–H and O–H groups in total. The van der Waals surface area contributed by atoms with Crippen molar-refractivity contribution < 1.29 is 9.53 Å². The maximum atomic E-state index is 10.9. The van der Waals surface area contributed by atoms with E-state index < -0.39 is 0 Å². The topological polar surface area (TPSA) is 41.6 Å². The Morgan fingerprint density at radius 2 is 2.17 bits per heavy atom. The standard InChI is InChI=1S/C8H16N2O2/c1-7(8(11)12-4)5-6-9-10(2)3/h5,9H,6H2,1-4H3. The van der Waals surface area contributed by atoms with Crippen LogP contribution in [0.5, 0.6) is 0 Å². The molecule has 0 saturated heterocycles. The molecule has 0 saturated carbocycles. The van der Waals surface area contributed by atoms with Crippen molar-refractivity contribution in [2.24, 2.45) is 0 Å². The second-order valence-corrected chi connectivity index (χ2v) is 2.64. The molecule has 0 radical (unpaired) electrons. The average Bonchev–Trinajstić information content (AvgIpc) is 2.02. The molecule has 0 atom stereocenters. The number of hydrazine groups is 1. The highest BCUT2D eigenvalue weighted by Crippen LogP contribution is 1.93. The zero-order valence-electron chi connectivity index (χ0n) is 8.05. The number of ether oxygens (including phenoxy) is 1. The van der Waals surface area contributed by atoms with Crippen LogP contribution in [0.25, 0.3) is 0 Å². The third-order valence-electron chi connectivity index (χ3n) is 1.32. The molecule has 70 valence electrons. The van der Waals surface area contributed by atoms with Crippen molar-refractivity contribution in [1.29, 1.82) is 0 Å². The third-order valence-corrected chi connectivity index (χ3v) is 1.32. The number of rotatable bonds is 4. The van der Waals surface area contributed by atoms with Gasteiger partial charge in [0.25, 0.3) is 0 Å². The molecule has 0 aromatic carbocycles. The van der Waals surface area contributed by atoms with Crippen molar-refractivity contribution in [3.8, 4) is 0 Å². The average molecular weight is 172 g/mol. The van der Waals surface area contributed by atoms with Gasteiger partial charge in [0.2, 0.25) is 0 Å².